The zero-order valence-electron chi connectivity index (χ0n) is 13.4. The minimum Gasteiger partial charge on any atom is -0.339 e. The fourth-order valence-corrected chi connectivity index (χ4v) is 3.43. The first-order chi connectivity index (χ1) is 12.8. The molecule has 9 heteroatoms. The molecule has 0 bridgehead atoms. The van der Waals surface area contributed by atoms with Crippen molar-refractivity contribution in [3.8, 4) is 11.4 Å². The number of benzene rings is 1. The quantitative estimate of drug-likeness (QED) is 0.550. The van der Waals surface area contributed by atoms with E-state index in [0.717, 1.165) is 28.3 Å². The summed E-state index contributed by atoms with van der Waals surface area (Å²) in [5.41, 5.74) is 3.03. The van der Waals surface area contributed by atoms with E-state index in [1.807, 2.05) is 18.2 Å². The van der Waals surface area contributed by atoms with Gasteiger partial charge in [0.1, 0.15) is 11.0 Å². The van der Waals surface area contributed by atoms with Crippen LogP contribution >= 0.6 is 11.7 Å². The first-order valence-electron chi connectivity index (χ1n) is 8.03. The summed E-state index contributed by atoms with van der Waals surface area (Å²) in [5, 5.41) is 4.01. The largest absolute Gasteiger partial charge is 0.339 e. The van der Waals surface area contributed by atoms with Crippen molar-refractivity contribution in [3.63, 3.8) is 0 Å². The molecule has 1 aliphatic heterocycles. The zero-order valence-corrected chi connectivity index (χ0v) is 14.3. The van der Waals surface area contributed by atoms with Crippen molar-refractivity contribution in [2.45, 2.75) is 5.92 Å². The number of hydrogen-bond acceptors (Lipinski definition) is 8. The molecule has 0 atom stereocenters. The minimum atomic E-state index is -0.0231. The van der Waals surface area contributed by atoms with E-state index in [-0.39, 0.29) is 11.8 Å². The number of carbonyl (C=O) groups excluding carboxylic acids is 1. The van der Waals surface area contributed by atoms with Gasteiger partial charge in [-0.2, -0.15) is 13.7 Å². The van der Waals surface area contributed by atoms with Gasteiger partial charge in [0, 0.05) is 36.6 Å². The van der Waals surface area contributed by atoms with Gasteiger partial charge in [-0.05, 0) is 30.3 Å². The molecule has 1 amide bonds. The van der Waals surface area contributed by atoms with Crippen LogP contribution in [0.25, 0.3) is 22.4 Å². The van der Waals surface area contributed by atoms with Crippen LogP contribution < -0.4 is 0 Å². The van der Waals surface area contributed by atoms with Gasteiger partial charge < -0.3 is 9.42 Å². The maximum absolute atomic E-state index is 12.6. The summed E-state index contributed by atoms with van der Waals surface area (Å²) in [6, 6.07) is 9.04. The predicted molar refractivity (Wildman–Crippen MR) is 93.6 cm³/mol. The summed E-state index contributed by atoms with van der Waals surface area (Å²) in [6.45, 7) is 1.12. The molecule has 8 nitrogen and oxygen atoms in total. The van der Waals surface area contributed by atoms with Crippen molar-refractivity contribution >= 4 is 28.7 Å². The number of fused-ring (bicyclic) bond motifs is 1. The van der Waals surface area contributed by atoms with E-state index in [2.05, 4.69) is 23.9 Å². The van der Waals surface area contributed by atoms with Gasteiger partial charge in [-0.1, -0.05) is 5.16 Å². The molecular formula is C17H12N6O2S. The van der Waals surface area contributed by atoms with Crippen molar-refractivity contribution in [1.29, 1.82) is 0 Å². The number of rotatable bonds is 3. The van der Waals surface area contributed by atoms with E-state index in [9.17, 15) is 4.79 Å². The average molecular weight is 364 g/mol. The van der Waals surface area contributed by atoms with Crippen LogP contribution in [-0.2, 0) is 0 Å². The number of aromatic nitrogens is 5. The Morgan fingerprint density at radius 2 is 1.92 bits per heavy atom. The van der Waals surface area contributed by atoms with Gasteiger partial charge in [-0.3, -0.25) is 9.78 Å². The molecule has 4 heterocycles. The number of pyridine rings is 1. The van der Waals surface area contributed by atoms with Crippen molar-refractivity contribution in [2.75, 3.05) is 13.1 Å². The van der Waals surface area contributed by atoms with Gasteiger partial charge in [0.15, 0.2) is 0 Å². The third-order valence-electron chi connectivity index (χ3n) is 4.40. The highest BCUT2D eigenvalue weighted by atomic mass is 32.1. The van der Waals surface area contributed by atoms with Gasteiger partial charge >= 0.3 is 0 Å². The van der Waals surface area contributed by atoms with Crippen LogP contribution in [0.1, 0.15) is 22.2 Å². The zero-order chi connectivity index (χ0) is 17.5. The third kappa shape index (κ3) is 2.53. The van der Waals surface area contributed by atoms with Crippen LogP contribution in [0.3, 0.4) is 0 Å². The lowest BCUT2D eigenvalue weighted by atomic mass is 9.98. The summed E-state index contributed by atoms with van der Waals surface area (Å²) in [6.07, 6.45) is 3.37. The molecule has 128 valence electrons. The fourth-order valence-electron chi connectivity index (χ4n) is 2.92. The lowest BCUT2D eigenvalue weighted by molar-refractivity contribution is 0.0569. The summed E-state index contributed by atoms with van der Waals surface area (Å²) in [5.74, 6) is 1.13. The first kappa shape index (κ1) is 15.1. The number of nitrogens with zero attached hydrogens (tertiary/aromatic N) is 6. The second-order valence-electron chi connectivity index (χ2n) is 6.07. The third-order valence-corrected chi connectivity index (χ3v) is 4.96. The predicted octanol–water partition coefficient (Wildman–Crippen LogP) is 2.38. The number of likely N-dealkylation sites (tertiary alicyclic amines) is 1. The molecule has 1 aromatic carbocycles. The van der Waals surface area contributed by atoms with Crippen molar-refractivity contribution in [2.24, 2.45) is 0 Å². The molecule has 0 N–H and O–H groups in total. The SMILES string of the molecule is O=C(c1ccc2nsnc2c1)N1CC(c2nc(-c3ccncc3)no2)C1. The van der Waals surface area contributed by atoms with Gasteiger partial charge in [-0.15, -0.1) is 0 Å². The van der Waals surface area contributed by atoms with E-state index >= 15 is 0 Å². The Kier molecular flexibility index (Phi) is 3.45. The molecule has 0 radical (unpaired) electrons. The number of hydrogen-bond donors (Lipinski definition) is 0. The maximum Gasteiger partial charge on any atom is 0.253 e. The summed E-state index contributed by atoms with van der Waals surface area (Å²) in [7, 11) is 0. The molecule has 1 saturated heterocycles. The van der Waals surface area contributed by atoms with E-state index in [1.165, 1.54) is 0 Å². The van der Waals surface area contributed by atoms with Gasteiger partial charge in [0.05, 0.1) is 17.6 Å². The molecule has 0 aliphatic carbocycles. The Hall–Kier alpha value is -3.20. The lowest BCUT2D eigenvalue weighted by Gasteiger charge is -2.37. The second kappa shape index (κ2) is 5.95. The molecule has 5 rings (SSSR count). The standard InChI is InChI=1S/C17H12N6O2S/c24-17(11-1-2-13-14(7-11)22-26-21-13)23-8-12(9-23)16-19-15(20-25-16)10-3-5-18-6-4-10/h1-7,12H,8-9H2. The van der Waals surface area contributed by atoms with E-state index < -0.39 is 0 Å². The molecule has 0 saturated carbocycles. The normalized spacial score (nSPS) is 14.5. The minimum absolute atomic E-state index is 0.0231. The first-order valence-corrected chi connectivity index (χ1v) is 8.76. The second-order valence-corrected chi connectivity index (χ2v) is 6.60. The van der Waals surface area contributed by atoms with E-state index in [0.29, 0.717) is 30.4 Å². The smallest absolute Gasteiger partial charge is 0.253 e. The van der Waals surface area contributed by atoms with Crippen LogP contribution in [0.4, 0.5) is 0 Å². The number of amides is 1. The van der Waals surface area contributed by atoms with Crippen LogP contribution in [0.5, 0.6) is 0 Å². The molecule has 1 fully saturated rings. The van der Waals surface area contributed by atoms with Crippen LogP contribution in [-0.4, -0.2) is 47.8 Å². The Morgan fingerprint density at radius 3 is 2.77 bits per heavy atom. The molecule has 3 aromatic heterocycles. The average Bonchev–Trinajstić information content (AvgIpc) is 3.30. The fraction of sp³-hybridized carbons (Fsp3) is 0.176. The van der Waals surface area contributed by atoms with Crippen molar-refractivity contribution in [1.82, 2.24) is 28.8 Å². The summed E-state index contributed by atoms with van der Waals surface area (Å²) >= 11 is 1.14. The Balaban J connectivity index is 1.28. The summed E-state index contributed by atoms with van der Waals surface area (Å²) in [4.78, 5) is 22.8. The number of carbonyl (C=O) groups is 1. The topological polar surface area (TPSA) is 97.9 Å². The highest BCUT2D eigenvalue weighted by Crippen LogP contribution is 2.29. The maximum atomic E-state index is 12.6. The monoisotopic (exact) mass is 364 g/mol. The molecular weight excluding hydrogens is 352 g/mol. The Morgan fingerprint density at radius 1 is 1.12 bits per heavy atom. The highest BCUT2D eigenvalue weighted by molar-refractivity contribution is 7.00. The molecule has 0 spiro atoms. The van der Waals surface area contributed by atoms with Gasteiger partial charge in [0.25, 0.3) is 5.91 Å². The molecule has 26 heavy (non-hydrogen) atoms. The Bertz CT molecular complexity index is 1090. The van der Waals surface area contributed by atoms with Gasteiger partial charge in [-0.25, -0.2) is 0 Å². The van der Waals surface area contributed by atoms with Crippen molar-refractivity contribution < 1.29 is 9.32 Å². The molecule has 0 unspecified atom stereocenters. The van der Waals surface area contributed by atoms with E-state index in [4.69, 9.17) is 4.52 Å². The summed E-state index contributed by atoms with van der Waals surface area (Å²) < 4.78 is 13.7. The van der Waals surface area contributed by atoms with Crippen molar-refractivity contribution in [3.05, 3.63) is 54.2 Å². The highest BCUT2D eigenvalue weighted by Gasteiger charge is 2.36. The van der Waals surface area contributed by atoms with E-state index in [1.54, 1.807) is 29.4 Å². The molecule has 4 aromatic rings. The molecule has 1 aliphatic rings. The van der Waals surface area contributed by atoms with Crippen LogP contribution in [0.15, 0.2) is 47.2 Å². The Labute approximate surface area is 151 Å². The van der Waals surface area contributed by atoms with Crippen LogP contribution in [0.2, 0.25) is 0 Å². The van der Waals surface area contributed by atoms with Crippen LogP contribution in [0, 0.1) is 0 Å². The van der Waals surface area contributed by atoms with Gasteiger partial charge in [0.2, 0.25) is 11.7 Å². The lowest BCUT2D eigenvalue weighted by Crippen LogP contribution is -2.48.